The van der Waals surface area contributed by atoms with Gasteiger partial charge in [-0.15, -0.1) is 0 Å². The van der Waals surface area contributed by atoms with Crippen LogP contribution < -0.4 is 11.1 Å². The number of imidazole rings is 1. The number of nitrogens with one attached hydrogen (secondary N) is 1. The summed E-state index contributed by atoms with van der Waals surface area (Å²) >= 11 is 0. The summed E-state index contributed by atoms with van der Waals surface area (Å²) in [4.78, 5) is 14.4. The van der Waals surface area contributed by atoms with E-state index in [1.165, 1.54) is 0 Å². The predicted octanol–water partition coefficient (Wildman–Crippen LogP) is 0.0381. The highest BCUT2D eigenvalue weighted by Crippen LogP contribution is 2.18. The monoisotopic (exact) mass is 242 g/mol. The molecule has 0 radical (unpaired) electrons. The molecule has 0 fully saturated rings. The zero-order valence-electron chi connectivity index (χ0n) is 9.97. The van der Waals surface area contributed by atoms with E-state index in [0.29, 0.717) is 31.0 Å². The van der Waals surface area contributed by atoms with E-state index in [0.717, 1.165) is 0 Å². The zero-order valence-corrected chi connectivity index (χ0v) is 9.97. The van der Waals surface area contributed by atoms with Crippen molar-refractivity contribution in [1.29, 1.82) is 0 Å². The molecule has 17 heavy (non-hydrogen) atoms. The van der Waals surface area contributed by atoms with Crippen LogP contribution in [0.25, 0.3) is 0 Å². The average Bonchev–Trinajstić information content (AvgIpc) is 2.52. The number of carbonyl (C=O) groups is 1. The van der Waals surface area contributed by atoms with Crippen molar-refractivity contribution in [3.05, 3.63) is 5.69 Å². The Morgan fingerprint density at radius 3 is 2.76 bits per heavy atom. The van der Waals surface area contributed by atoms with E-state index in [-0.39, 0.29) is 5.88 Å². The second-order valence-corrected chi connectivity index (χ2v) is 3.92. The number of nitrogens with two attached hydrogens (primary N) is 1. The molecule has 0 spiro atoms. The van der Waals surface area contributed by atoms with Crippen LogP contribution in [0.15, 0.2) is 0 Å². The highest BCUT2D eigenvalue weighted by Gasteiger charge is 2.11. The van der Waals surface area contributed by atoms with Crippen molar-refractivity contribution in [2.45, 2.75) is 25.8 Å². The number of nitrogens with zero attached hydrogens (tertiary/aromatic N) is 2. The number of carboxylic acid groups (broad SMARTS) is 1. The summed E-state index contributed by atoms with van der Waals surface area (Å²) < 4.78 is 1.73. The first-order valence-electron chi connectivity index (χ1n) is 5.38. The van der Waals surface area contributed by atoms with Crippen LogP contribution in [-0.4, -0.2) is 38.3 Å². The number of hydrogen-bond acceptors (Lipinski definition) is 5. The quantitative estimate of drug-likeness (QED) is 0.524. The number of carboxylic acids is 1. The molecule has 1 heterocycles. The number of aromatic hydroxyl groups is 1. The van der Waals surface area contributed by atoms with Gasteiger partial charge in [-0.1, -0.05) is 0 Å². The predicted molar refractivity (Wildman–Crippen MR) is 62.9 cm³/mol. The van der Waals surface area contributed by atoms with Crippen LogP contribution in [-0.2, 0) is 11.8 Å². The minimum Gasteiger partial charge on any atom is -0.492 e. The fourth-order valence-electron chi connectivity index (χ4n) is 1.37. The van der Waals surface area contributed by atoms with Crippen molar-refractivity contribution < 1.29 is 15.0 Å². The molecule has 0 aliphatic heterocycles. The Hall–Kier alpha value is -1.76. The molecule has 0 aliphatic rings. The molecular weight excluding hydrogens is 224 g/mol. The molecule has 96 valence electrons. The first-order chi connectivity index (χ1) is 7.93. The van der Waals surface area contributed by atoms with Gasteiger partial charge in [-0.25, -0.2) is 0 Å². The van der Waals surface area contributed by atoms with Gasteiger partial charge < -0.3 is 25.8 Å². The first-order valence-corrected chi connectivity index (χ1v) is 5.38. The number of anilines is 1. The highest BCUT2D eigenvalue weighted by atomic mass is 16.4. The third kappa shape index (κ3) is 3.35. The van der Waals surface area contributed by atoms with Gasteiger partial charge in [0.1, 0.15) is 6.04 Å². The van der Waals surface area contributed by atoms with Crippen molar-refractivity contribution in [1.82, 2.24) is 9.55 Å². The maximum atomic E-state index is 10.5. The van der Waals surface area contributed by atoms with Gasteiger partial charge in [0.25, 0.3) is 0 Å². The molecule has 1 unspecified atom stereocenters. The Bertz CT molecular complexity index is 403. The number of hydrogen-bond donors (Lipinski definition) is 4. The third-order valence-electron chi connectivity index (χ3n) is 2.65. The van der Waals surface area contributed by atoms with Crippen LogP contribution in [0.1, 0.15) is 18.5 Å². The smallest absolute Gasteiger partial charge is 0.320 e. The van der Waals surface area contributed by atoms with Crippen LogP contribution in [0.5, 0.6) is 5.88 Å². The lowest BCUT2D eigenvalue weighted by Crippen LogP contribution is -2.30. The van der Waals surface area contributed by atoms with E-state index in [9.17, 15) is 9.90 Å². The van der Waals surface area contributed by atoms with Gasteiger partial charge in [-0.05, 0) is 19.8 Å². The SMILES string of the molecule is Cc1c(O)nc(NCCCC(N)C(=O)O)n1C. The van der Waals surface area contributed by atoms with Gasteiger partial charge in [-0.3, -0.25) is 4.79 Å². The lowest BCUT2D eigenvalue weighted by atomic mass is 10.2. The summed E-state index contributed by atoms with van der Waals surface area (Å²) in [5, 5.41) is 21.0. The normalized spacial score (nSPS) is 12.4. The lowest BCUT2D eigenvalue weighted by molar-refractivity contribution is -0.138. The van der Waals surface area contributed by atoms with Crippen molar-refractivity contribution in [2.24, 2.45) is 12.8 Å². The van der Waals surface area contributed by atoms with E-state index in [1.807, 2.05) is 0 Å². The zero-order chi connectivity index (χ0) is 13.0. The van der Waals surface area contributed by atoms with Gasteiger partial charge in [0.2, 0.25) is 11.8 Å². The van der Waals surface area contributed by atoms with Crippen molar-refractivity contribution in [3.63, 3.8) is 0 Å². The Morgan fingerprint density at radius 2 is 2.29 bits per heavy atom. The second-order valence-electron chi connectivity index (χ2n) is 3.92. The fraction of sp³-hybridized carbons (Fsp3) is 0.600. The van der Waals surface area contributed by atoms with Crippen LogP contribution >= 0.6 is 0 Å². The van der Waals surface area contributed by atoms with Gasteiger partial charge in [-0.2, -0.15) is 4.98 Å². The fourth-order valence-corrected chi connectivity index (χ4v) is 1.37. The topological polar surface area (TPSA) is 113 Å². The molecule has 0 saturated carbocycles. The minimum atomic E-state index is -0.990. The average molecular weight is 242 g/mol. The molecule has 5 N–H and O–H groups in total. The lowest BCUT2D eigenvalue weighted by Gasteiger charge is -2.08. The molecule has 7 nitrogen and oxygen atoms in total. The summed E-state index contributed by atoms with van der Waals surface area (Å²) in [6.07, 6.45) is 1.03. The third-order valence-corrected chi connectivity index (χ3v) is 2.65. The van der Waals surface area contributed by atoms with E-state index in [1.54, 1.807) is 18.5 Å². The van der Waals surface area contributed by atoms with Crippen molar-refractivity contribution >= 4 is 11.9 Å². The summed E-state index contributed by atoms with van der Waals surface area (Å²) in [5.41, 5.74) is 6.04. The summed E-state index contributed by atoms with van der Waals surface area (Å²) in [5.74, 6) is -0.434. The summed E-state index contributed by atoms with van der Waals surface area (Å²) in [7, 11) is 1.79. The maximum absolute atomic E-state index is 10.5. The second kappa shape index (κ2) is 5.53. The largest absolute Gasteiger partial charge is 0.492 e. The van der Waals surface area contributed by atoms with Gasteiger partial charge >= 0.3 is 5.97 Å². The standard InChI is InChI=1S/C10H18N4O3/c1-6-8(15)13-10(14(6)2)12-5-3-4-7(11)9(16)17/h7,15H,3-5,11H2,1-2H3,(H,12,13)(H,16,17). The van der Waals surface area contributed by atoms with E-state index in [2.05, 4.69) is 10.3 Å². The highest BCUT2D eigenvalue weighted by molar-refractivity contribution is 5.72. The number of rotatable bonds is 6. The van der Waals surface area contributed by atoms with Crippen LogP contribution in [0.3, 0.4) is 0 Å². The molecule has 1 atom stereocenters. The summed E-state index contributed by atoms with van der Waals surface area (Å²) in [6.45, 7) is 2.32. The molecule has 1 rings (SSSR count). The van der Waals surface area contributed by atoms with Crippen LogP contribution in [0.2, 0.25) is 0 Å². The van der Waals surface area contributed by atoms with Crippen LogP contribution in [0.4, 0.5) is 5.95 Å². The molecule has 0 aromatic carbocycles. The molecular formula is C10H18N4O3. The Morgan fingerprint density at radius 1 is 1.65 bits per heavy atom. The first kappa shape index (κ1) is 13.3. The number of aliphatic carboxylic acids is 1. The van der Waals surface area contributed by atoms with Crippen molar-refractivity contribution in [3.8, 4) is 5.88 Å². The molecule has 7 heteroatoms. The molecule has 0 bridgehead atoms. The number of aromatic nitrogens is 2. The minimum absolute atomic E-state index is 0.00256. The van der Waals surface area contributed by atoms with Crippen molar-refractivity contribution in [2.75, 3.05) is 11.9 Å². The Labute approximate surface area is 99.3 Å². The molecule has 0 aliphatic carbocycles. The van der Waals surface area contributed by atoms with E-state index >= 15 is 0 Å². The maximum Gasteiger partial charge on any atom is 0.320 e. The van der Waals surface area contributed by atoms with Gasteiger partial charge in [0, 0.05) is 13.6 Å². The Balaban J connectivity index is 2.36. The molecule has 1 aromatic rings. The molecule has 0 saturated heterocycles. The van der Waals surface area contributed by atoms with Gasteiger partial charge in [0.05, 0.1) is 5.69 Å². The molecule has 1 aromatic heterocycles. The van der Waals surface area contributed by atoms with E-state index in [4.69, 9.17) is 10.8 Å². The van der Waals surface area contributed by atoms with Crippen LogP contribution in [0, 0.1) is 6.92 Å². The van der Waals surface area contributed by atoms with E-state index < -0.39 is 12.0 Å². The Kier molecular flexibility index (Phi) is 4.33. The molecule has 0 amide bonds. The van der Waals surface area contributed by atoms with Gasteiger partial charge in [0.15, 0.2) is 0 Å². The summed E-state index contributed by atoms with van der Waals surface area (Å²) in [6, 6.07) is -0.826.